The van der Waals surface area contributed by atoms with Gasteiger partial charge in [0, 0.05) is 16.7 Å². The van der Waals surface area contributed by atoms with E-state index in [2.05, 4.69) is 0 Å². The summed E-state index contributed by atoms with van der Waals surface area (Å²) in [6.45, 7) is 4.30. The van der Waals surface area contributed by atoms with Crippen LogP contribution in [0.15, 0.2) is 72.8 Å². The van der Waals surface area contributed by atoms with Crippen molar-refractivity contribution in [1.29, 1.82) is 0 Å². The van der Waals surface area contributed by atoms with Crippen LogP contribution in [-0.4, -0.2) is 13.2 Å². The Morgan fingerprint density at radius 3 is 1.72 bits per heavy atom. The van der Waals surface area contributed by atoms with Crippen LogP contribution in [0.5, 0.6) is 11.5 Å². The number of ether oxygens (including phenoxy) is 2. The topological polar surface area (TPSA) is 18.5 Å². The Bertz CT molecular complexity index is 1380. The minimum atomic E-state index is -1.04. The first-order valence-electron chi connectivity index (χ1n) is 11.5. The third-order valence-electron chi connectivity index (χ3n) is 5.61. The molecule has 0 aromatic heterocycles. The van der Waals surface area contributed by atoms with E-state index >= 15 is 0 Å². The molecule has 0 N–H and O–H groups in total. The summed E-state index contributed by atoms with van der Waals surface area (Å²) in [6, 6.07) is 19.3. The van der Waals surface area contributed by atoms with E-state index in [9.17, 15) is 17.6 Å². The standard InChI is InChI=1S/C30H24F4O2/c1-3-35-23-14-11-21(12-15-23)24-16-13-22(27(31)28(24)32)10-7-19-5-8-20(9-6-19)25-17-18-26(36-4-2)30(34)29(25)33/h5-18H,3-4H2,1-2H3/b10-7+. The summed E-state index contributed by atoms with van der Waals surface area (Å²) in [5.41, 5.74) is 2.04. The fourth-order valence-electron chi connectivity index (χ4n) is 3.79. The maximum atomic E-state index is 14.8. The van der Waals surface area contributed by atoms with E-state index < -0.39 is 23.3 Å². The van der Waals surface area contributed by atoms with Gasteiger partial charge in [-0.3, -0.25) is 0 Å². The fraction of sp³-hybridized carbons (Fsp3) is 0.133. The van der Waals surface area contributed by atoms with Crippen molar-refractivity contribution in [3.05, 3.63) is 107 Å². The van der Waals surface area contributed by atoms with Gasteiger partial charge < -0.3 is 9.47 Å². The Labute approximate surface area is 207 Å². The van der Waals surface area contributed by atoms with E-state index in [1.54, 1.807) is 61.5 Å². The van der Waals surface area contributed by atoms with Gasteiger partial charge in [0.25, 0.3) is 0 Å². The highest BCUT2D eigenvalue weighted by molar-refractivity contribution is 5.74. The van der Waals surface area contributed by atoms with E-state index in [1.165, 1.54) is 30.3 Å². The van der Waals surface area contributed by atoms with Crippen LogP contribution >= 0.6 is 0 Å². The average Bonchev–Trinajstić information content (AvgIpc) is 2.89. The van der Waals surface area contributed by atoms with E-state index in [0.717, 1.165) is 0 Å². The Balaban J connectivity index is 1.53. The van der Waals surface area contributed by atoms with Crippen LogP contribution in [0.2, 0.25) is 0 Å². The van der Waals surface area contributed by atoms with Gasteiger partial charge in [-0.05, 0) is 54.8 Å². The highest BCUT2D eigenvalue weighted by Gasteiger charge is 2.16. The normalized spacial score (nSPS) is 11.2. The molecule has 0 fully saturated rings. The average molecular weight is 493 g/mol. The van der Waals surface area contributed by atoms with Crippen molar-refractivity contribution in [2.45, 2.75) is 13.8 Å². The van der Waals surface area contributed by atoms with Crippen molar-refractivity contribution < 1.29 is 27.0 Å². The predicted molar refractivity (Wildman–Crippen MR) is 135 cm³/mol. The number of benzene rings is 4. The summed E-state index contributed by atoms with van der Waals surface area (Å²) in [5, 5.41) is 0. The summed E-state index contributed by atoms with van der Waals surface area (Å²) in [5.74, 6) is -3.41. The first kappa shape index (κ1) is 25.0. The fourth-order valence-corrected chi connectivity index (χ4v) is 3.79. The summed E-state index contributed by atoms with van der Waals surface area (Å²) in [4.78, 5) is 0. The van der Waals surface area contributed by atoms with Crippen molar-refractivity contribution >= 4 is 12.2 Å². The molecule has 6 heteroatoms. The van der Waals surface area contributed by atoms with E-state index in [1.807, 2.05) is 6.92 Å². The smallest absolute Gasteiger partial charge is 0.201 e. The molecule has 0 atom stereocenters. The first-order chi connectivity index (χ1) is 17.4. The largest absolute Gasteiger partial charge is 0.494 e. The summed E-state index contributed by atoms with van der Waals surface area (Å²) >= 11 is 0. The minimum absolute atomic E-state index is 0.0888. The molecule has 4 aromatic carbocycles. The molecule has 4 aromatic rings. The lowest BCUT2D eigenvalue weighted by molar-refractivity contribution is 0.314. The third kappa shape index (κ3) is 5.28. The number of rotatable bonds is 8. The lowest BCUT2D eigenvalue weighted by Gasteiger charge is -2.09. The van der Waals surface area contributed by atoms with Gasteiger partial charge in [0.2, 0.25) is 5.82 Å². The monoisotopic (exact) mass is 492 g/mol. The van der Waals surface area contributed by atoms with Gasteiger partial charge >= 0.3 is 0 Å². The van der Waals surface area contributed by atoms with Crippen LogP contribution in [0.4, 0.5) is 17.6 Å². The molecular formula is C30H24F4O2. The maximum absolute atomic E-state index is 14.8. The lowest BCUT2D eigenvalue weighted by atomic mass is 10.0. The molecule has 36 heavy (non-hydrogen) atoms. The SMILES string of the molecule is CCOc1ccc(-c2ccc(/C=C/c3ccc(-c4ccc(OCC)c(F)c4F)cc3)c(F)c2F)cc1. The second kappa shape index (κ2) is 11.1. The molecule has 0 aliphatic heterocycles. The molecule has 0 spiro atoms. The van der Waals surface area contributed by atoms with Gasteiger partial charge in [-0.1, -0.05) is 60.7 Å². The predicted octanol–water partition coefficient (Wildman–Crippen LogP) is 8.54. The number of hydrogen-bond donors (Lipinski definition) is 0. The lowest BCUT2D eigenvalue weighted by Crippen LogP contribution is -1.98. The summed E-state index contributed by atoms with van der Waals surface area (Å²) in [6.07, 6.45) is 3.08. The van der Waals surface area contributed by atoms with Gasteiger partial charge in [0.1, 0.15) is 5.75 Å². The van der Waals surface area contributed by atoms with Crippen LogP contribution < -0.4 is 9.47 Å². The van der Waals surface area contributed by atoms with Gasteiger partial charge in [-0.25, -0.2) is 13.2 Å². The Hall–Kier alpha value is -4.06. The molecule has 184 valence electrons. The molecule has 0 aliphatic carbocycles. The van der Waals surface area contributed by atoms with Gasteiger partial charge in [0.05, 0.1) is 13.2 Å². The first-order valence-corrected chi connectivity index (χ1v) is 11.5. The molecular weight excluding hydrogens is 468 g/mol. The summed E-state index contributed by atoms with van der Waals surface area (Å²) < 4.78 is 68.7. The van der Waals surface area contributed by atoms with Crippen LogP contribution in [0.3, 0.4) is 0 Å². The molecule has 0 aliphatic rings. The zero-order chi connectivity index (χ0) is 25.7. The van der Waals surface area contributed by atoms with Gasteiger partial charge in [-0.2, -0.15) is 4.39 Å². The van der Waals surface area contributed by atoms with E-state index in [-0.39, 0.29) is 29.0 Å². The Kier molecular flexibility index (Phi) is 7.74. The zero-order valence-corrected chi connectivity index (χ0v) is 19.8. The van der Waals surface area contributed by atoms with Crippen LogP contribution in [0.1, 0.15) is 25.0 Å². The molecule has 0 unspecified atom stereocenters. The second-order valence-corrected chi connectivity index (χ2v) is 7.92. The number of hydrogen-bond acceptors (Lipinski definition) is 2. The highest BCUT2D eigenvalue weighted by Crippen LogP contribution is 2.31. The molecule has 0 bridgehead atoms. The zero-order valence-electron chi connectivity index (χ0n) is 19.8. The van der Waals surface area contributed by atoms with Crippen molar-refractivity contribution in [3.8, 4) is 33.8 Å². The third-order valence-corrected chi connectivity index (χ3v) is 5.61. The Morgan fingerprint density at radius 1 is 0.556 bits per heavy atom. The van der Waals surface area contributed by atoms with E-state index in [4.69, 9.17) is 9.47 Å². The molecule has 2 nitrogen and oxygen atoms in total. The van der Waals surface area contributed by atoms with E-state index in [0.29, 0.717) is 29.0 Å². The molecule has 0 saturated carbocycles. The van der Waals surface area contributed by atoms with Crippen molar-refractivity contribution in [2.75, 3.05) is 13.2 Å². The van der Waals surface area contributed by atoms with Crippen molar-refractivity contribution in [3.63, 3.8) is 0 Å². The Morgan fingerprint density at radius 2 is 1.11 bits per heavy atom. The molecule has 0 radical (unpaired) electrons. The van der Waals surface area contributed by atoms with Crippen molar-refractivity contribution in [2.24, 2.45) is 0 Å². The molecule has 4 rings (SSSR count). The van der Waals surface area contributed by atoms with Crippen LogP contribution in [0.25, 0.3) is 34.4 Å². The van der Waals surface area contributed by atoms with Gasteiger partial charge in [0.15, 0.2) is 23.2 Å². The molecule has 0 heterocycles. The molecule has 0 saturated heterocycles. The van der Waals surface area contributed by atoms with Crippen LogP contribution in [0, 0.1) is 23.3 Å². The minimum Gasteiger partial charge on any atom is -0.494 e. The van der Waals surface area contributed by atoms with Crippen molar-refractivity contribution in [1.82, 2.24) is 0 Å². The maximum Gasteiger partial charge on any atom is 0.201 e. The molecule has 0 amide bonds. The number of halogens is 4. The van der Waals surface area contributed by atoms with Crippen LogP contribution in [-0.2, 0) is 0 Å². The quantitative estimate of drug-likeness (QED) is 0.181. The summed E-state index contributed by atoms with van der Waals surface area (Å²) in [7, 11) is 0. The highest BCUT2D eigenvalue weighted by atomic mass is 19.2. The van der Waals surface area contributed by atoms with Gasteiger partial charge in [-0.15, -0.1) is 0 Å². The second-order valence-electron chi connectivity index (χ2n) is 7.92.